The summed E-state index contributed by atoms with van der Waals surface area (Å²) in [5, 5.41) is 0. The topological polar surface area (TPSA) is 51.4 Å². The smallest absolute Gasteiger partial charge is 0.329 e. The Hall–Kier alpha value is -4.39. The zero-order chi connectivity index (χ0) is 31.2. The van der Waals surface area contributed by atoms with Gasteiger partial charge in [0.25, 0.3) is 0 Å². The van der Waals surface area contributed by atoms with Crippen LogP contribution in [0.5, 0.6) is 0 Å². The molecule has 6 bridgehead atoms. The van der Waals surface area contributed by atoms with Gasteiger partial charge < -0.3 is 4.48 Å². The fourth-order valence-corrected chi connectivity index (χ4v) is 10.2. The molecule has 2 aromatic carbocycles. The summed E-state index contributed by atoms with van der Waals surface area (Å²) in [5.74, 6) is -1.40. The summed E-state index contributed by atoms with van der Waals surface area (Å²) < 4.78 is 32.1. The number of fused-ring (bicyclic) bond motifs is 3. The third-order valence-corrected chi connectivity index (χ3v) is 12.0. The van der Waals surface area contributed by atoms with Gasteiger partial charge in [-0.3, -0.25) is 23.2 Å². The summed E-state index contributed by atoms with van der Waals surface area (Å²) in [7, 11) is -2.72. The molecule has 0 radical (unpaired) electrons. The molecule has 0 N–H and O–H groups in total. The quantitative estimate of drug-likeness (QED) is 0.172. The number of halogens is 2. The predicted octanol–water partition coefficient (Wildman–Crippen LogP) is 7.95. The molecule has 7 heteroatoms. The molecule has 6 unspecified atom stereocenters. The molecule has 4 nitrogen and oxygen atoms in total. The van der Waals surface area contributed by atoms with E-state index < -0.39 is 19.2 Å². The Labute approximate surface area is 266 Å². The molecule has 13 rings (SSSR count). The van der Waals surface area contributed by atoms with Crippen LogP contribution >= 0.6 is 0 Å². The molecule has 1 aromatic heterocycles. The zero-order valence-electron chi connectivity index (χ0n) is 25.7. The zero-order valence-corrected chi connectivity index (χ0v) is 25.7. The lowest BCUT2D eigenvalue weighted by molar-refractivity contribution is -0.138. The lowest BCUT2D eigenvalue weighted by atomic mass is 9.62. The van der Waals surface area contributed by atoms with Gasteiger partial charge in [0.05, 0.1) is 17.5 Å². The molecular weight excluding hydrogens is 577 g/mol. The largest absolute Gasteiger partial charge is 0.677 e. The van der Waals surface area contributed by atoms with E-state index >= 15 is 8.63 Å². The molecular formula is C39H31BF2N2O2. The Morgan fingerprint density at radius 2 is 1.30 bits per heavy atom. The minimum absolute atomic E-state index is 0.0617. The monoisotopic (exact) mass is 608 g/mol. The number of carbonyl (C=O) groups excluding carboxylic acids is 2. The number of aliphatic imine (C=N–C) groups is 1. The molecule has 10 aliphatic rings. The van der Waals surface area contributed by atoms with Crippen LogP contribution in [-0.2, 0) is 9.59 Å². The van der Waals surface area contributed by atoms with E-state index in [1.807, 2.05) is 49.4 Å². The predicted molar refractivity (Wildman–Crippen MR) is 174 cm³/mol. The van der Waals surface area contributed by atoms with Crippen molar-refractivity contribution in [3.8, 4) is 0 Å². The van der Waals surface area contributed by atoms with Gasteiger partial charge in [-0.1, -0.05) is 60.7 Å². The molecule has 9 aliphatic carbocycles. The highest BCUT2D eigenvalue weighted by Crippen LogP contribution is 2.56. The van der Waals surface area contributed by atoms with Gasteiger partial charge in [0, 0.05) is 46.3 Å². The van der Waals surface area contributed by atoms with Crippen molar-refractivity contribution in [2.45, 2.75) is 63.2 Å². The summed E-state index contributed by atoms with van der Waals surface area (Å²) in [6, 6.07) is 13.7. The van der Waals surface area contributed by atoms with Crippen LogP contribution in [-0.4, -0.2) is 29.2 Å². The molecule has 0 saturated heterocycles. The second-order valence-corrected chi connectivity index (χ2v) is 14.1. The third-order valence-electron chi connectivity index (χ3n) is 12.0. The van der Waals surface area contributed by atoms with Gasteiger partial charge in [-0.05, 0) is 95.7 Å². The van der Waals surface area contributed by atoms with Crippen LogP contribution in [0.25, 0.3) is 5.57 Å². The van der Waals surface area contributed by atoms with Crippen LogP contribution in [0.15, 0.2) is 88.6 Å². The number of allylic oxidation sites excluding steroid dienone is 6. The Bertz CT molecular complexity index is 2150. The van der Waals surface area contributed by atoms with Crippen molar-refractivity contribution in [1.29, 1.82) is 0 Å². The number of benzene rings is 2. The lowest BCUT2D eigenvalue weighted by Gasteiger charge is -2.38. The van der Waals surface area contributed by atoms with Crippen molar-refractivity contribution >= 4 is 30.3 Å². The van der Waals surface area contributed by atoms with Gasteiger partial charge in [-0.25, -0.2) is 0 Å². The van der Waals surface area contributed by atoms with Gasteiger partial charge >= 0.3 is 7.40 Å². The number of Topliss-reactive ketones (excluding diaryl/α,β-unsaturated/α-hetero) is 2. The first-order valence-electron chi connectivity index (χ1n) is 16.6. The normalized spacial score (nSPS) is 30.0. The minimum atomic E-state index is -2.72. The first-order valence-corrected chi connectivity index (χ1v) is 16.6. The van der Waals surface area contributed by atoms with Crippen molar-refractivity contribution in [1.82, 2.24) is 4.48 Å². The maximum Gasteiger partial charge on any atom is 0.677 e. The number of hydrogen-bond acceptors (Lipinski definition) is 3. The molecule has 46 heavy (non-hydrogen) atoms. The first-order chi connectivity index (χ1) is 22.3. The van der Waals surface area contributed by atoms with E-state index in [-0.39, 0.29) is 29.3 Å². The van der Waals surface area contributed by atoms with Gasteiger partial charge in [-0.2, -0.15) is 0 Å². The molecule has 0 saturated carbocycles. The number of aromatic nitrogens is 1. The maximum atomic E-state index is 15.4. The average molecular weight is 608 g/mol. The Balaban J connectivity index is 1.29. The molecule has 0 amide bonds. The van der Waals surface area contributed by atoms with Crippen molar-refractivity contribution in [3.05, 3.63) is 134 Å². The van der Waals surface area contributed by atoms with Gasteiger partial charge in [0.1, 0.15) is 0 Å². The lowest BCUT2D eigenvalue weighted by Crippen LogP contribution is -2.40. The highest BCUT2D eigenvalue weighted by atomic mass is 19.2. The van der Waals surface area contributed by atoms with E-state index in [1.165, 1.54) is 15.6 Å². The van der Waals surface area contributed by atoms with E-state index in [4.69, 9.17) is 4.99 Å². The molecule has 1 aliphatic heterocycles. The average Bonchev–Trinajstić information content (AvgIpc) is 3.61. The van der Waals surface area contributed by atoms with Crippen LogP contribution in [0.3, 0.4) is 0 Å². The highest BCUT2D eigenvalue weighted by molar-refractivity contribution is 6.45. The first kappa shape index (κ1) is 26.8. The number of rotatable bonds is 3. The van der Waals surface area contributed by atoms with Crippen molar-refractivity contribution < 1.29 is 18.2 Å². The van der Waals surface area contributed by atoms with Crippen LogP contribution in [0, 0.1) is 18.8 Å². The van der Waals surface area contributed by atoms with E-state index in [0.717, 1.165) is 81.6 Å². The Morgan fingerprint density at radius 1 is 0.739 bits per heavy atom. The molecule has 2 heterocycles. The van der Waals surface area contributed by atoms with Crippen LogP contribution < -0.4 is 0 Å². The molecule has 0 spiro atoms. The molecule has 6 atom stereocenters. The standard InChI is InChI=1S/C39H31BF2N2O2/c1-18-29-20-7-11-22(12-8-20)31(29)36(43-18)33(37-32-23-13-9-21(10-14-23)30(32)19(2)44(37)40(41)42)24-15-16-27-28(17-24)35-26-6-4-3-5-25(26)34(27)38(45)39(35)46/h3-7,9,11,13,15-17,20-23,34-35H,8,10,12,14H2,1-2H3/b36-33-. The molecule has 0 fully saturated rings. The minimum Gasteiger partial charge on any atom is -0.329 e. The number of hydrogen-bond donors (Lipinski definition) is 0. The van der Waals surface area contributed by atoms with E-state index in [2.05, 4.69) is 31.2 Å². The van der Waals surface area contributed by atoms with Crippen molar-refractivity contribution in [2.24, 2.45) is 16.8 Å². The second-order valence-electron chi connectivity index (χ2n) is 14.1. The summed E-state index contributed by atoms with van der Waals surface area (Å²) in [5.41, 5.74) is 12.4. The summed E-state index contributed by atoms with van der Waals surface area (Å²) >= 11 is 0. The van der Waals surface area contributed by atoms with Crippen molar-refractivity contribution in [2.75, 3.05) is 0 Å². The number of nitrogens with zero attached hydrogens (tertiary/aromatic N) is 2. The van der Waals surface area contributed by atoms with Gasteiger partial charge in [0.15, 0.2) is 0 Å². The Kier molecular flexibility index (Phi) is 5.31. The number of carbonyl (C=O) groups is 2. The highest BCUT2D eigenvalue weighted by Gasteiger charge is 2.49. The van der Waals surface area contributed by atoms with E-state index in [0.29, 0.717) is 17.3 Å². The summed E-state index contributed by atoms with van der Waals surface area (Å²) in [6.45, 7) is 3.90. The third kappa shape index (κ3) is 3.21. The van der Waals surface area contributed by atoms with Crippen molar-refractivity contribution in [3.63, 3.8) is 0 Å². The fraction of sp³-hybridized carbons (Fsp3) is 0.308. The van der Waals surface area contributed by atoms with E-state index in [1.54, 1.807) is 0 Å². The second kappa shape index (κ2) is 9.12. The van der Waals surface area contributed by atoms with Gasteiger partial charge in [0.2, 0.25) is 11.6 Å². The van der Waals surface area contributed by atoms with Crippen LogP contribution in [0.1, 0.15) is 107 Å². The van der Waals surface area contributed by atoms with Crippen LogP contribution in [0.2, 0.25) is 0 Å². The fourth-order valence-electron chi connectivity index (χ4n) is 10.2. The number of ketones is 2. The van der Waals surface area contributed by atoms with Crippen LogP contribution in [0.4, 0.5) is 8.63 Å². The van der Waals surface area contributed by atoms with Gasteiger partial charge in [-0.15, -0.1) is 0 Å². The molecule has 3 aromatic rings. The Morgan fingerprint density at radius 3 is 1.93 bits per heavy atom. The maximum absolute atomic E-state index is 15.4. The SMILES string of the molecule is CC1=N/C(=C(/c2ccc3c(c2)C2C(=O)C(=O)C3c3ccccc32)c2c3c(c(C)n2B(F)F)C2C=CC3CC2)C2=C1C1C=CC2CC1. The summed E-state index contributed by atoms with van der Waals surface area (Å²) in [4.78, 5) is 32.1. The van der Waals surface area contributed by atoms with E-state index in [9.17, 15) is 9.59 Å². The summed E-state index contributed by atoms with van der Waals surface area (Å²) in [6.07, 6.45) is 13.0. The molecule has 226 valence electrons.